The van der Waals surface area contributed by atoms with Gasteiger partial charge in [0.2, 0.25) is 5.91 Å². The van der Waals surface area contributed by atoms with Gasteiger partial charge in [0.25, 0.3) is 0 Å². The van der Waals surface area contributed by atoms with Crippen molar-refractivity contribution in [3.63, 3.8) is 0 Å². The SMILES string of the molecule is Cc1cc(Cl)ccc1NC(=O)C12CCC(C)(C1Br)C2(C)C. The fourth-order valence-corrected chi connectivity index (χ4v) is 6.50. The van der Waals surface area contributed by atoms with Crippen LogP contribution in [0.1, 0.15) is 39.2 Å². The molecule has 0 aliphatic heterocycles. The molecule has 3 unspecified atom stereocenters. The van der Waals surface area contributed by atoms with Gasteiger partial charge in [0, 0.05) is 15.5 Å². The largest absolute Gasteiger partial charge is 0.325 e. The smallest absolute Gasteiger partial charge is 0.232 e. The Hall–Kier alpha value is -0.540. The van der Waals surface area contributed by atoms with Gasteiger partial charge in [0.15, 0.2) is 0 Å². The van der Waals surface area contributed by atoms with Crippen molar-refractivity contribution in [2.24, 2.45) is 16.2 Å². The molecule has 3 aliphatic rings. The third kappa shape index (κ3) is 1.68. The molecule has 4 heteroatoms. The number of carbonyl (C=O) groups is 1. The number of nitrogens with one attached hydrogen (secondary N) is 1. The van der Waals surface area contributed by atoms with E-state index >= 15 is 0 Å². The third-order valence-corrected chi connectivity index (χ3v) is 8.44. The second-order valence-electron chi connectivity index (χ2n) is 7.29. The summed E-state index contributed by atoms with van der Waals surface area (Å²) in [7, 11) is 0. The number of amides is 1. The van der Waals surface area contributed by atoms with Crippen LogP contribution in [-0.2, 0) is 4.79 Å². The average Bonchev–Trinajstić information content (AvgIpc) is 2.81. The minimum Gasteiger partial charge on any atom is -0.325 e. The van der Waals surface area contributed by atoms with Gasteiger partial charge in [-0.25, -0.2) is 0 Å². The van der Waals surface area contributed by atoms with E-state index in [0.29, 0.717) is 5.02 Å². The summed E-state index contributed by atoms with van der Waals surface area (Å²) in [6.07, 6.45) is 2.05. The fourth-order valence-electron chi connectivity index (χ4n) is 4.46. The van der Waals surface area contributed by atoms with Gasteiger partial charge in [0.05, 0.1) is 5.41 Å². The van der Waals surface area contributed by atoms with Gasteiger partial charge in [-0.1, -0.05) is 48.3 Å². The Morgan fingerprint density at radius 2 is 2.00 bits per heavy atom. The van der Waals surface area contributed by atoms with Crippen LogP contribution in [0.5, 0.6) is 0 Å². The van der Waals surface area contributed by atoms with E-state index in [4.69, 9.17) is 11.6 Å². The monoisotopic (exact) mass is 369 g/mol. The Kier molecular flexibility index (Phi) is 3.28. The summed E-state index contributed by atoms with van der Waals surface area (Å²) in [5, 5.41) is 3.83. The Balaban J connectivity index is 1.90. The fraction of sp³-hybridized carbons (Fsp3) is 0.588. The molecule has 3 saturated carbocycles. The van der Waals surface area contributed by atoms with Crippen molar-refractivity contribution in [1.29, 1.82) is 0 Å². The first-order chi connectivity index (χ1) is 9.67. The number of hydrogen-bond acceptors (Lipinski definition) is 1. The maximum atomic E-state index is 13.0. The number of halogens is 2. The zero-order valence-corrected chi connectivity index (χ0v) is 15.2. The number of hydrogen-bond donors (Lipinski definition) is 1. The van der Waals surface area contributed by atoms with E-state index in [1.807, 2.05) is 25.1 Å². The lowest BCUT2D eigenvalue weighted by Crippen LogP contribution is -2.68. The van der Waals surface area contributed by atoms with Gasteiger partial charge < -0.3 is 5.32 Å². The van der Waals surface area contributed by atoms with Crippen molar-refractivity contribution in [3.05, 3.63) is 28.8 Å². The molecule has 0 heterocycles. The van der Waals surface area contributed by atoms with Gasteiger partial charge in [-0.2, -0.15) is 0 Å². The highest BCUT2D eigenvalue weighted by atomic mass is 79.9. The van der Waals surface area contributed by atoms with Crippen LogP contribution in [0.4, 0.5) is 5.69 Å². The maximum absolute atomic E-state index is 13.0. The summed E-state index contributed by atoms with van der Waals surface area (Å²) in [5.41, 5.74) is 1.76. The quantitative estimate of drug-likeness (QED) is 0.714. The summed E-state index contributed by atoms with van der Waals surface area (Å²) in [5.74, 6) is 0.134. The van der Waals surface area contributed by atoms with Gasteiger partial charge >= 0.3 is 0 Å². The number of anilines is 1. The summed E-state index contributed by atoms with van der Waals surface area (Å²) in [4.78, 5) is 13.3. The first-order valence-electron chi connectivity index (χ1n) is 7.38. The lowest BCUT2D eigenvalue weighted by molar-refractivity contribution is -0.156. The van der Waals surface area contributed by atoms with Crippen molar-refractivity contribution in [2.45, 2.75) is 45.4 Å². The Morgan fingerprint density at radius 3 is 2.48 bits per heavy atom. The van der Waals surface area contributed by atoms with E-state index in [-0.39, 0.29) is 27.0 Å². The van der Waals surface area contributed by atoms with E-state index in [0.717, 1.165) is 24.1 Å². The predicted molar refractivity (Wildman–Crippen MR) is 91.1 cm³/mol. The molecule has 2 nitrogen and oxygen atoms in total. The molecule has 3 atom stereocenters. The number of fused-ring (bicyclic) bond motifs is 1. The van der Waals surface area contributed by atoms with Crippen LogP contribution < -0.4 is 5.32 Å². The van der Waals surface area contributed by atoms with Crippen molar-refractivity contribution in [3.8, 4) is 0 Å². The molecule has 3 fully saturated rings. The van der Waals surface area contributed by atoms with Gasteiger partial charge in [0.1, 0.15) is 0 Å². The van der Waals surface area contributed by atoms with Gasteiger partial charge in [-0.3, -0.25) is 4.79 Å². The summed E-state index contributed by atoms with van der Waals surface area (Å²) < 4.78 is 0. The topological polar surface area (TPSA) is 29.1 Å². The van der Waals surface area contributed by atoms with E-state index in [9.17, 15) is 4.79 Å². The van der Waals surface area contributed by atoms with Crippen LogP contribution in [0.15, 0.2) is 18.2 Å². The summed E-state index contributed by atoms with van der Waals surface area (Å²) >= 11 is 9.79. The number of alkyl halides is 1. The minimum atomic E-state index is -0.312. The molecular weight excluding hydrogens is 350 g/mol. The number of rotatable bonds is 2. The van der Waals surface area contributed by atoms with Gasteiger partial charge in [-0.15, -0.1) is 0 Å². The van der Waals surface area contributed by atoms with Crippen molar-refractivity contribution in [2.75, 3.05) is 5.32 Å². The van der Waals surface area contributed by atoms with Crippen LogP contribution in [-0.4, -0.2) is 10.7 Å². The lowest BCUT2D eigenvalue weighted by atomic mass is 9.43. The number of carbonyl (C=O) groups excluding carboxylic acids is 1. The molecular formula is C17H21BrClNO. The Morgan fingerprint density at radius 1 is 1.33 bits per heavy atom. The van der Waals surface area contributed by atoms with Crippen LogP contribution in [0.2, 0.25) is 5.02 Å². The standard InChI is InChI=1S/C17H21BrClNO/c1-10-9-11(19)5-6-12(10)20-14(21)17-8-7-16(4,13(17)18)15(17,2)3/h5-6,9,13H,7-8H2,1-4H3,(H,20,21). The number of benzene rings is 1. The first kappa shape index (κ1) is 15.4. The molecule has 21 heavy (non-hydrogen) atoms. The molecule has 1 N–H and O–H groups in total. The zero-order chi connectivity index (χ0) is 15.6. The molecule has 3 aliphatic carbocycles. The second-order valence-corrected chi connectivity index (χ2v) is 8.64. The predicted octanol–water partition coefficient (Wildman–Crippen LogP) is 5.18. The highest BCUT2D eigenvalue weighted by Crippen LogP contribution is 2.79. The first-order valence-corrected chi connectivity index (χ1v) is 8.68. The number of aryl methyl sites for hydroxylation is 1. The van der Waals surface area contributed by atoms with Crippen LogP contribution in [0.3, 0.4) is 0 Å². The maximum Gasteiger partial charge on any atom is 0.232 e. The molecule has 0 aromatic heterocycles. The average molecular weight is 371 g/mol. The van der Waals surface area contributed by atoms with Crippen molar-refractivity contribution < 1.29 is 4.79 Å². The molecule has 1 amide bonds. The van der Waals surface area contributed by atoms with E-state index in [1.165, 1.54) is 0 Å². The molecule has 114 valence electrons. The lowest BCUT2D eigenvalue weighted by Gasteiger charge is -2.64. The highest BCUT2D eigenvalue weighted by Gasteiger charge is 2.80. The molecule has 1 aromatic carbocycles. The van der Waals surface area contributed by atoms with Crippen LogP contribution in [0, 0.1) is 23.2 Å². The summed E-state index contributed by atoms with van der Waals surface area (Å²) in [6.45, 7) is 8.71. The van der Waals surface area contributed by atoms with Crippen LogP contribution >= 0.6 is 27.5 Å². The van der Waals surface area contributed by atoms with Gasteiger partial charge in [-0.05, 0) is 54.4 Å². The molecule has 0 radical (unpaired) electrons. The van der Waals surface area contributed by atoms with Crippen molar-refractivity contribution >= 4 is 39.1 Å². The van der Waals surface area contributed by atoms with E-state index in [2.05, 4.69) is 42.0 Å². The minimum absolute atomic E-state index is 0.0125. The zero-order valence-electron chi connectivity index (χ0n) is 12.9. The van der Waals surface area contributed by atoms with E-state index in [1.54, 1.807) is 0 Å². The van der Waals surface area contributed by atoms with Crippen molar-refractivity contribution in [1.82, 2.24) is 0 Å². The normalized spacial score (nSPS) is 36.2. The molecule has 0 spiro atoms. The Bertz CT molecular complexity index is 629. The van der Waals surface area contributed by atoms with Crippen LogP contribution in [0.25, 0.3) is 0 Å². The molecule has 1 aromatic rings. The molecule has 4 rings (SSSR count). The molecule has 2 bridgehead atoms. The highest BCUT2D eigenvalue weighted by molar-refractivity contribution is 9.09. The van der Waals surface area contributed by atoms with E-state index < -0.39 is 0 Å². The third-order valence-electron chi connectivity index (χ3n) is 6.42. The Labute approximate surface area is 139 Å². The molecule has 0 saturated heterocycles. The summed E-state index contributed by atoms with van der Waals surface area (Å²) in [6, 6.07) is 5.58. The second kappa shape index (κ2) is 4.48.